The summed E-state index contributed by atoms with van der Waals surface area (Å²) in [6, 6.07) is 5.92. The summed E-state index contributed by atoms with van der Waals surface area (Å²) in [5.74, 6) is 0. The molecule has 0 spiro atoms. The van der Waals surface area contributed by atoms with Crippen LogP contribution in [-0.4, -0.2) is 15.0 Å². The molecule has 5 heteroatoms. The number of aromatic nitrogens is 3. The molecule has 19 heavy (non-hydrogen) atoms. The summed E-state index contributed by atoms with van der Waals surface area (Å²) in [7, 11) is 0. The SMILES string of the molecule is Cc1nc(CC(N)c2ccc3nccnc3c2)cs1. The first-order valence-corrected chi connectivity index (χ1v) is 6.97. The van der Waals surface area contributed by atoms with Crippen LogP contribution in [0.3, 0.4) is 0 Å². The van der Waals surface area contributed by atoms with Gasteiger partial charge in [0.2, 0.25) is 0 Å². The zero-order valence-electron chi connectivity index (χ0n) is 10.6. The van der Waals surface area contributed by atoms with E-state index in [0.29, 0.717) is 0 Å². The quantitative estimate of drug-likeness (QED) is 0.794. The third-order valence-electron chi connectivity index (χ3n) is 3.02. The Morgan fingerprint density at radius 2 is 2.00 bits per heavy atom. The van der Waals surface area contributed by atoms with Gasteiger partial charge in [-0.15, -0.1) is 11.3 Å². The fraction of sp³-hybridized carbons (Fsp3) is 0.214. The molecule has 0 radical (unpaired) electrons. The predicted molar refractivity (Wildman–Crippen MR) is 77.0 cm³/mol. The number of rotatable bonds is 3. The molecule has 1 atom stereocenters. The molecule has 0 bridgehead atoms. The van der Waals surface area contributed by atoms with Crippen molar-refractivity contribution in [2.45, 2.75) is 19.4 Å². The zero-order valence-corrected chi connectivity index (χ0v) is 11.4. The summed E-state index contributed by atoms with van der Waals surface area (Å²) in [5, 5.41) is 3.14. The molecular weight excluding hydrogens is 256 g/mol. The van der Waals surface area contributed by atoms with Crippen molar-refractivity contribution in [3.05, 3.63) is 52.2 Å². The van der Waals surface area contributed by atoms with Crippen LogP contribution in [0.1, 0.15) is 22.3 Å². The molecule has 1 aromatic carbocycles. The Labute approximate surface area is 115 Å². The predicted octanol–water partition coefficient (Wildman–Crippen LogP) is 2.64. The number of thiazole rings is 1. The van der Waals surface area contributed by atoms with Gasteiger partial charge in [0.15, 0.2) is 0 Å². The second kappa shape index (κ2) is 5.03. The van der Waals surface area contributed by atoms with Crippen LogP contribution in [0.25, 0.3) is 11.0 Å². The third-order valence-corrected chi connectivity index (χ3v) is 3.84. The molecule has 96 valence electrons. The fourth-order valence-electron chi connectivity index (χ4n) is 2.06. The van der Waals surface area contributed by atoms with Gasteiger partial charge in [0, 0.05) is 30.2 Å². The van der Waals surface area contributed by atoms with E-state index in [1.54, 1.807) is 23.7 Å². The third kappa shape index (κ3) is 2.62. The van der Waals surface area contributed by atoms with Crippen LogP contribution < -0.4 is 5.73 Å². The monoisotopic (exact) mass is 270 g/mol. The van der Waals surface area contributed by atoms with Gasteiger partial charge >= 0.3 is 0 Å². The van der Waals surface area contributed by atoms with E-state index in [9.17, 15) is 0 Å². The minimum atomic E-state index is -0.0621. The molecule has 0 amide bonds. The Morgan fingerprint density at radius 1 is 1.21 bits per heavy atom. The second-order valence-electron chi connectivity index (χ2n) is 4.47. The van der Waals surface area contributed by atoms with Crippen molar-refractivity contribution < 1.29 is 0 Å². The highest BCUT2D eigenvalue weighted by atomic mass is 32.1. The van der Waals surface area contributed by atoms with Crippen molar-refractivity contribution in [1.82, 2.24) is 15.0 Å². The lowest BCUT2D eigenvalue weighted by atomic mass is 10.0. The van der Waals surface area contributed by atoms with Crippen molar-refractivity contribution in [3.8, 4) is 0 Å². The second-order valence-corrected chi connectivity index (χ2v) is 5.54. The summed E-state index contributed by atoms with van der Waals surface area (Å²) in [4.78, 5) is 13.0. The summed E-state index contributed by atoms with van der Waals surface area (Å²) in [5.41, 5.74) is 10.1. The van der Waals surface area contributed by atoms with Crippen molar-refractivity contribution in [1.29, 1.82) is 0 Å². The van der Waals surface area contributed by atoms with Crippen LogP contribution in [0.4, 0.5) is 0 Å². The van der Waals surface area contributed by atoms with Crippen LogP contribution >= 0.6 is 11.3 Å². The first-order chi connectivity index (χ1) is 9.22. The number of aryl methyl sites for hydroxylation is 1. The molecule has 3 rings (SSSR count). The first kappa shape index (κ1) is 12.2. The molecule has 0 saturated heterocycles. The maximum atomic E-state index is 6.24. The van der Waals surface area contributed by atoms with Gasteiger partial charge in [0.05, 0.1) is 21.7 Å². The van der Waals surface area contributed by atoms with Crippen LogP contribution in [0.15, 0.2) is 36.0 Å². The number of nitrogens with zero attached hydrogens (tertiary/aromatic N) is 3. The number of fused-ring (bicyclic) bond motifs is 1. The molecule has 4 nitrogen and oxygen atoms in total. The minimum absolute atomic E-state index is 0.0621. The van der Waals surface area contributed by atoms with E-state index in [-0.39, 0.29) is 6.04 Å². The summed E-state index contributed by atoms with van der Waals surface area (Å²) < 4.78 is 0. The Bertz CT molecular complexity index is 707. The van der Waals surface area contributed by atoms with E-state index in [0.717, 1.165) is 33.7 Å². The van der Waals surface area contributed by atoms with Gasteiger partial charge in [-0.2, -0.15) is 0 Å². The molecule has 0 fully saturated rings. The maximum absolute atomic E-state index is 6.24. The van der Waals surface area contributed by atoms with Gasteiger partial charge in [-0.3, -0.25) is 9.97 Å². The lowest BCUT2D eigenvalue weighted by Crippen LogP contribution is -2.13. The Hall–Kier alpha value is -1.85. The molecular formula is C14H14N4S. The molecule has 0 aliphatic heterocycles. The average molecular weight is 270 g/mol. The fourth-order valence-corrected chi connectivity index (χ4v) is 2.68. The van der Waals surface area contributed by atoms with Crippen molar-refractivity contribution in [2.24, 2.45) is 5.73 Å². The van der Waals surface area contributed by atoms with Crippen LogP contribution in [-0.2, 0) is 6.42 Å². The molecule has 1 unspecified atom stereocenters. The van der Waals surface area contributed by atoms with Gasteiger partial charge in [0.25, 0.3) is 0 Å². The average Bonchev–Trinajstić information content (AvgIpc) is 2.83. The lowest BCUT2D eigenvalue weighted by Gasteiger charge is -2.11. The smallest absolute Gasteiger partial charge is 0.0897 e. The largest absolute Gasteiger partial charge is 0.324 e. The molecule has 0 aliphatic carbocycles. The molecule has 2 aromatic heterocycles. The molecule has 2 N–H and O–H groups in total. The Kier molecular flexibility index (Phi) is 3.23. The highest BCUT2D eigenvalue weighted by Gasteiger charge is 2.10. The summed E-state index contributed by atoms with van der Waals surface area (Å²) in [6.07, 6.45) is 4.14. The standard InChI is InChI=1S/C14H14N4S/c1-9-18-11(8-19-9)7-12(15)10-2-3-13-14(6-10)17-5-4-16-13/h2-6,8,12H,7,15H2,1H3. The molecule has 3 aromatic rings. The van der Waals surface area contributed by atoms with E-state index >= 15 is 0 Å². The van der Waals surface area contributed by atoms with Crippen molar-refractivity contribution in [3.63, 3.8) is 0 Å². The van der Waals surface area contributed by atoms with Gasteiger partial charge in [-0.25, -0.2) is 4.98 Å². The van der Waals surface area contributed by atoms with Gasteiger partial charge in [-0.1, -0.05) is 6.07 Å². The maximum Gasteiger partial charge on any atom is 0.0897 e. The van der Waals surface area contributed by atoms with Crippen LogP contribution in [0, 0.1) is 6.92 Å². The highest BCUT2D eigenvalue weighted by Crippen LogP contribution is 2.20. The lowest BCUT2D eigenvalue weighted by molar-refractivity contribution is 0.709. The molecule has 0 saturated carbocycles. The first-order valence-electron chi connectivity index (χ1n) is 6.09. The summed E-state index contributed by atoms with van der Waals surface area (Å²) in [6.45, 7) is 2.01. The highest BCUT2D eigenvalue weighted by molar-refractivity contribution is 7.09. The number of benzene rings is 1. The normalized spacial score (nSPS) is 12.7. The van der Waals surface area contributed by atoms with Crippen molar-refractivity contribution in [2.75, 3.05) is 0 Å². The molecule has 0 aliphatic rings. The van der Waals surface area contributed by atoms with Crippen molar-refractivity contribution >= 4 is 22.4 Å². The Balaban J connectivity index is 1.86. The Morgan fingerprint density at radius 3 is 2.74 bits per heavy atom. The van der Waals surface area contributed by atoms with E-state index in [1.165, 1.54) is 0 Å². The van der Waals surface area contributed by atoms with Gasteiger partial charge < -0.3 is 5.73 Å². The van der Waals surface area contributed by atoms with E-state index in [2.05, 4.69) is 20.3 Å². The summed E-state index contributed by atoms with van der Waals surface area (Å²) >= 11 is 1.66. The topological polar surface area (TPSA) is 64.7 Å². The van der Waals surface area contributed by atoms with E-state index in [4.69, 9.17) is 5.73 Å². The van der Waals surface area contributed by atoms with E-state index < -0.39 is 0 Å². The van der Waals surface area contributed by atoms with Gasteiger partial charge in [0.1, 0.15) is 0 Å². The minimum Gasteiger partial charge on any atom is -0.324 e. The number of hydrogen-bond acceptors (Lipinski definition) is 5. The van der Waals surface area contributed by atoms with Gasteiger partial charge in [-0.05, 0) is 24.6 Å². The number of nitrogens with two attached hydrogens (primary N) is 1. The van der Waals surface area contributed by atoms with E-state index in [1.807, 2.05) is 25.1 Å². The molecule has 2 heterocycles. The van der Waals surface area contributed by atoms with Crippen LogP contribution in [0.5, 0.6) is 0 Å². The van der Waals surface area contributed by atoms with Crippen LogP contribution in [0.2, 0.25) is 0 Å². The zero-order chi connectivity index (χ0) is 13.2. The number of hydrogen-bond donors (Lipinski definition) is 1.